The maximum Gasteiger partial charge on any atom is 0.242 e. The van der Waals surface area contributed by atoms with E-state index in [1.54, 1.807) is 0 Å². The molecule has 0 aromatic heterocycles. The van der Waals surface area contributed by atoms with Crippen molar-refractivity contribution >= 4 is 27.1 Å². The number of rotatable bonds is 7. The van der Waals surface area contributed by atoms with Crippen molar-refractivity contribution in [2.45, 2.75) is 38.4 Å². The van der Waals surface area contributed by atoms with Gasteiger partial charge in [-0.1, -0.05) is 19.8 Å². The third kappa shape index (κ3) is 5.00. The molecule has 0 bridgehead atoms. The van der Waals surface area contributed by atoms with Crippen LogP contribution in [0.25, 0.3) is 0 Å². The van der Waals surface area contributed by atoms with Gasteiger partial charge in [-0.05, 0) is 31.5 Å². The summed E-state index contributed by atoms with van der Waals surface area (Å²) >= 11 is 0. The number of hydrogen-bond donors (Lipinski definition) is 2. The quantitative estimate of drug-likeness (QED) is 0.597. The number of nitrogens with two attached hydrogens (primary N) is 1. The van der Waals surface area contributed by atoms with E-state index in [0.717, 1.165) is 18.9 Å². The number of amides is 1. The van der Waals surface area contributed by atoms with Gasteiger partial charge in [0.15, 0.2) is 9.84 Å². The molecule has 1 amide bonds. The zero-order valence-corrected chi connectivity index (χ0v) is 13.0. The van der Waals surface area contributed by atoms with E-state index in [4.69, 9.17) is 5.73 Å². The predicted octanol–water partition coefficient (Wildman–Crippen LogP) is 2.34. The minimum absolute atomic E-state index is 0.0129. The van der Waals surface area contributed by atoms with E-state index in [0.29, 0.717) is 6.42 Å². The highest BCUT2D eigenvalue weighted by Gasteiger charge is 2.27. The number of nitrogen functional groups attached to an aromatic ring is 1. The van der Waals surface area contributed by atoms with Gasteiger partial charge in [0.05, 0.1) is 11.4 Å². The van der Waals surface area contributed by atoms with E-state index in [2.05, 4.69) is 5.32 Å². The summed E-state index contributed by atoms with van der Waals surface area (Å²) in [5, 5.41) is 1.29. The lowest BCUT2D eigenvalue weighted by Gasteiger charge is -2.13. The number of hydrogen-bond acceptors (Lipinski definition) is 4. The molecule has 0 radical (unpaired) electrons. The van der Waals surface area contributed by atoms with E-state index in [1.807, 2.05) is 6.92 Å². The Morgan fingerprint density at radius 1 is 1.38 bits per heavy atom. The van der Waals surface area contributed by atoms with E-state index >= 15 is 0 Å². The third-order valence-electron chi connectivity index (χ3n) is 3.20. The smallest absolute Gasteiger partial charge is 0.242 e. The van der Waals surface area contributed by atoms with Gasteiger partial charge in [-0.3, -0.25) is 4.79 Å². The molecule has 1 rings (SSSR count). The Balaban J connectivity index is 2.71. The van der Waals surface area contributed by atoms with Crippen LogP contribution in [-0.2, 0) is 14.6 Å². The number of sulfone groups is 1. The van der Waals surface area contributed by atoms with Gasteiger partial charge in [0, 0.05) is 5.69 Å². The van der Waals surface area contributed by atoms with Crippen molar-refractivity contribution in [1.29, 1.82) is 0 Å². The van der Waals surface area contributed by atoms with E-state index < -0.39 is 26.8 Å². The fourth-order valence-corrected chi connectivity index (χ4v) is 3.10. The summed E-state index contributed by atoms with van der Waals surface area (Å²) in [6.07, 6.45) is 2.26. The Morgan fingerprint density at radius 3 is 2.62 bits per heavy atom. The van der Waals surface area contributed by atoms with Crippen molar-refractivity contribution in [1.82, 2.24) is 0 Å². The highest BCUT2D eigenvalue weighted by Crippen LogP contribution is 2.17. The first-order chi connectivity index (χ1) is 9.77. The molecule has 1 aromatic carbocycles. The number of unbranched alkanes of at least 4 members (excludes halogenated alkanes) is 2. The Hall–Kier alpha value is -1.63. The summed E-state index contributed by atoms with van der Waals surface area (Å²) in [7, 11) is -3.49. The van der Waals surface area contributed by atoms with Gasteiger partial charge in [-0.2, -0.15) is 0 Å². The fourth-order valence-electron chi connectivity index (χ4n) is 1.76. The molecule has 3 N–H and O–H groups in total. The summed E-state index contributed by atoms with van der Waals surface area (Å²) < 4.78 is 37.0. The molecule has 5 nitrogen and oxygen atoms in total. The van der Waals surface area contributed by atoms with Crippen LogP contribution in [0.5, 0.6) is 0 Å². The Bertz CT molecular complexity index is 602. The largest absolute Gasteiger partial charge is 0.396 e. The molecule has 7 heteroatoms. The molecule has 0 fully saturated rings. The second-order valence-electron chi connectivity index (χ2n) is 4.94. The van der Waals surface area contributed by atoms with Gasteiger partial charge in [-0.15, -0.1) is 0 Å². The van der Waals surface area contributed by atoms with Crippen LogP contribution < -0.4 is 11.1 Å². The van der Waals surface area contributed by atoms with Crippen LogP contribution in [0.3, 0.4) is 0 Å². The molecule has 1 aromatic rings. The average Bonchev–Trinajstić information content (AvgIpc) is 2.42. The third-order valence-corrected chi connectivity index (χ3v) is 5.35. The lowest BCUT2D eigenvalue weighted by Crippen LogP contribution is -2.34. The lowest BCUT2D eigenvalue weighted by molar-refractivity contribution is -0.115. The topological polar surface area (TPSA) is 89.3 Å². The van der Waals surface area contributed by atoms with Crippen molar-refractivity contribution in [3.63, 3.8) is 0 Å². The van der Waals surface area contributed by atoms with Crippen LogP contribution in [0.15, 0.2) is 18.2 Å². The zero-order chi connectivity index (χ0) is 16.0. The number of halogens is 1. The number of benzene rings is 1. The summed E-state index contributed by atoms with van der Waals surface area (Å²) in [5.41, 5.74) is 5.56. The van der Waals surface area contributed by atoms with Gasteiger partial charge in [0.25, 0.3) is 0 Å². The second kappa shape index (κ2) is 7.40. The molecule has 0 spiro atoms. The van der Waals surface area contributed by atoms with Crippen molar-refractivity contribution < 1.29 is 17.6 Å². The summed E-state index contributed by atoms with van der Waals surface area (Å²) in [5.74, 6) is -1.24. The molecule has 118 valence electrons. The zero-order valence-electron chi connectivity index (χ0n) is 12.2. The molecule has 1 atom stereocenters. The molecule has 1 unspecified atom stereocenters. The highest BCUT2D eigenvalue weighted by atomic mass is 32.2. The maximum absolute atomic E-state index is 13.0. The van der Waals surface area contributed by atoms with Crippen LogP contribution in [-0.4, -0.2) is 25.3 Å². The first-order valence-corrected chi connectivity index (χ1v) is 8.57. The standard InChI is InChI=1S/C14H21FN2O3S/c1-3-4-5-8-21(19,20)10(2)14(18)17-11-6-7-12(15)13(16)9-11/h6-7,9-10H,3-5,8,16H2,1-2H3,(H,17,18). The number of carbonyl (C=O) groups excluding carboxylic acids is 1. The summed E-state index contributed by atoms with van der Waals surface area (Å²) in [6, 6.07) is 3.70. The fraction of sp³-hybridized carbons (Fsp3) is 0.500. The van der Waals surface area contributed by atoms with E-state index in [9.17, 15) is 17.6 Å². The monoisotopic (exact) mass is 316 g/mol. The number of carbonyl (C=O) groups is 1. The minimum atomic E-state index is -3.49. The molecule has 0 heterocycles. The molecule has 0 aliphatic carbocycles. The van der Waals surface area contributed by atoms with E-state index in [-0.39, 0.29) is 17.1 Å². The molecule has 0 saturated carbocycles. The predicted molar refractivity (Wildman–Crippen MR) is 82.2 cm³/mol. The number of nitrogens with one attached hydrogen (secondary N) is 1. The minimum Gasteiger partial charge on any atom is -0.396 e. The maximum atomic E-state index is 13.0. The van der Waals surface area contributed by atoms with Gasteiger partial charge in [0.1, 0.15) is 11.1 Å². The van der Waals surface area contributed by atoms with Crippen molar-refractivity contribution in [2.75, 3.05) is 16.8 Å². The van der Waals surface area contributed by atoms with Crippen LogP contribution in [0.2, 0.25) is 0 Å². The van der Waals surface area contributed by atoms with Gasteiger partial charge in [-0.25, -0.2) is 12.8 Å². The first-order valence-electron chi connectivity index (χ1n) is 6.85. The average molecular weight is 316 g/mol. The molecular formula is C14H21FN2O3S. The van der Waals surface area contributed by atoms with Crippen LogP contribution in [0.1, 0.15) is 33.1 Å². The number of anilines is 2. The summed E-state index contributed by atoms with van der Waals surface area (Å²) in [6.45, 7) is 3.32. The normalized spacial score (nSPS) is 12.9. The van der Waals surface area contributed by atoms with Crippen molar-refractivity contribution in [3.05, 3.63) is 24.0 Å². The lowest BCUT2D eigenvalue weighted by atomic mass is 10.2. The van der Waals surface area contributed by atoms with Crippen molar-refractivity contribution in [3.8, 4) is 0 Å². The molecule has 0 saturated heterocycles. The van der Waals surface area contributed by atoms with Gasteiger partial charge >= 0.3 is 0 Å². The SMILES string of the molecule is CCCCCS(=O)(=O)C(C)C(=O)Nc1ccc(F)c(N)c1. The van der Waals surface area contributed by atoms with Gasteiger partial charge in [0.2, 0.25) is 5.91 Å². The van der Waals surface area contributed by atoms with Crippen LogP contribution >= 0.6 is 0 Å². The molecule has 0 aliphatic heterocycles. The molecular weight excluding hydrogens is 295 g/mol. The highest BCUT2D eigenvalue weighted by molar-refractivity contribution is 7.92. The Kier molecular flexibility index (Phi) is 6.14. The van der Waals surface area contributed by atoms with E-state index in [1.165, 1.54) is 19.1 Å². The van der Waals surface area contributed by atoms with Crippen LogP contribution in [0, 0.1) is 5.82 Å². The first kappa shape index (κ1) is 17.4. The Morgan fingerprint density at radius 2 is 2.05 bits per heavy atom. The van der Waals surface area contributed by atoms with Gasteiger partial charge < -0.3 is 11.1 Å². The molecule has 21 heavy (non-hydrogen) atoms. The van der Waals surface area contributed by atoms with Crippen molar-refractivity contribution in [2.24, 2.45) is 0 Å². The van der Waals surface area contributed by atoms with Crippen LogP contribution in [0.4, 0.5) is 15.8 Å². The molecule has 0 aliphatic rings. The summed E-state index contributed by atoms with van der Waals surface area (Å²) in [4.78, 5) is 12.0. The second-order valence-corrected chi connectivity index (χ2v) is 7.38. The Labute approximate surface area is 124 Å².